The summed E-state index contributed by atoms with van der Waals surface area (Å²) in [6.07, 6.45) is 0.881. The molecule has 2 aromatic carbocycles. The van der Waals surface area contributed by atoms with E-state index in [0.29, 0.717) is 18.6 Å². The molecule has 0 radical (unpaired) electrons. The van der Waals surface area contributed by atoms with Crippen molar-refractivity contribution in [3.63, 3.8) is 0 Å². The Morgan fingerprint density at radius 2 is 1.54 bits per heavy atom. The van der Waals surface area contributed by atoms with E-state index in [1.165, 1.54) is 11.0 Å². The van der Waals surface area contributed by atoms with Crippen molar-refractivity contribution in [2.45, 2.75) is 101 Å². The molecule has 4 atom stereocenters. The molecule has 278 valence electrons. The summed E-state index contributed by atoms with van der Waals surface area (Å²) < 4.78 is 32.9. The number of rotatable bonds is 8. The SMILES string of the molecule is C=C[C@@H]1CC1(NC(=O)[C@@H]1CC(ON=C2c3ccccc3-c3ccccc32)CN1C(=O)N(NC(=O)OC(C)(C)C)C(C)(C)C)C(=O)NS(=O)(=O)C1CC1. The minimum atomic E-state index is -3.90. The number of benzene rings is 2. The maximum atomic E-state index is 14.4. The fraction of sp³-hybridized carbons (Fsp3) is 0.486. The molecule has 2 aromatic rings. The molecule has 6 rings (SSSR count). The van der Waals surface area contributed by atoms with E-state index >= 15 is 0 Å². The Balaban J connectivity index is 1.29. The zero-order valence-electron chi connectivity index (χ0n) is 30.3. The van der Waals surface area contributed by atoms with Crippen LogP contribution in [0.1, 0.15) is 78.4 Å². The summed E-state index contributed by atoms with van der Waals surface area (Å²) in [6, 6.07) is 13.7. The lowest BCUT2D eigenvalue weighted by Gasteiger charge is -2.39. The van der Waals surface area contributed by atoms with E-state index in [2.05, 4.69) is 27.2 Å². The first kappa shape index (κ1) is 36.9. The van der Waals surface area contributed by atoms with Gasteiger partial charge in [0.05, 0.1) is 17.3 Å². The molecule has 2 unspecified atom stereocenters. The van der Waals surface area contributed by atoms with Gasteiger partial charge in [-0.1, -0.05) is 59.8 Å². The molecule has 4 aliphatic rings. The average Bonchev–Trinajstić information content (AvgIpc) is 3.97. The highest BCUT2D eigenvalue weighted by Gasteiger charge is 2.62. The maximum absolute atomic E-state index is 14.4. The summed E-state index contributed by atoms with van der Waals surface area (Å²) in [5.41, 5.74) is 3.51. The number of carbonyl (C=O) groups is 4. The number of hydrazine groups is 1. The molecule has 0 bridgehead atoms. The fourth-order valence-corrected chi connectivity index (χ4v) is 7.96. The van der Waals surface area contributed by atoms with Gasteiger partial charge >= 0.3 is 12.1 Å². The smallest absolute Gasteiger partial charge is 0.426 e. The Kier molecular flexibility index (Phi) is 9.39. The van der Waals surface area contributed by atoms with Gasteiger partial charge in [0.15, 0.2) is 0 Å². The summed E-state index contributed by atoms with van der Waals surface area (Å²) >= 11 is 0. The number of hydrogen-bond acceptors (Lipinski definition) is 9. The van der Waals surface area contributed by atoms with E-state index in [1.807, 2.05) is 48.5 Å². The van der Waals surface area contributed by atoms with E-state index in [1.54, 1.807) is 41.5 Å². The first-order chi connectivity index (χ1) is 24.3. The lowest BCUT2D eigenvalue weighted by Crippen LogP contribution is -2.63. The van der Waals surface area contributed by atoms with Crippen LogP contribution in [0.2, 0.25) is 0 Å². The normalized spacial score (nSPS) is 23.5. The molecule has 0 spiro atoms. The molecule has 15 heteroatoms. The van der Waals surface area contributed by atoms with Crippen LogP contribution in [0.3, 0.4) is 0 Å². The summed E-state index contributed by atoms with van der Waals surface area (Å²) in [5, 5.41) is 7.77. The number of ether oxygens (including phenoxy) is 1. The molecule has 52 heavy (non-hydrogen) atoms. The molecule has 14 nitrogen and oxygen atoms in total. The van der Waals surface area contributed by atoms with Gasteiger partial charge in [-0.05, 0) is 71.9 Å². The summed E-state index contributed by atoms with van der Waals surface area (Å²) in [7, 11) is -3.90. The van der Waals surface area contributed by atoms with Crippen LogP contribution in [0, 0.1) is 5.92 Å². The van der Waals surface area contributed by atoms with Crippen LogP contribution >= 0.6 is 0 Å². The van der Waals surface area contributed by atoms with Gasteiger partial charge in [-0.2, -0.15) is 0 Å². The highest BCUT2D eigenvalue weighted by molar-refractivity contribution is 7.91. The number of likely N-dealkylation sites (tertiary alicyclic amines) is 1. The van der Waals surface area contributed by atoms with Crippen molar-refractivity contribution in [2.75, 3.05) is 6.54 Å². The number of fused-ring (bicyclic) bond motifs is 3. The molecular formula is C37H46N6O8S. The van der Waals surface area contributed by atoms with Crippen molar-refractivity contribution in [1.29, 1.82) is 0 Å². The van der Waals surface area contributed by atoms with Crippen molar-refractivity contribution in [3.8, 4) is 11.1 Å². The second-order valence-electron chi connectivity index (χ2n) is 15.7. The van der Waals surface area contributed by atoms with Crippen molar-refractivity contribution < 1.29 is 37.2 Å². The van der Waals surface area contributed by atoms with Crippen LogP contribution < -0.4 is 15.5 Å². The Morgan fingerprint density at radius 1 is 0.962 bits per heavy atom. The van der Waals surface area contributed by atoms with Gasteiger partial charge in [0.25, 0.3) is 5.91 Å². The summed E-state index contributed by atoms with van der Waals surface area (Å²) in [6.45, 7) is 13.9. The molecule has 0 aromatic heterocycles. The number of nitrogens with zero attached hydrogens (tertiary/aromatic N) is 3. The van der Waals surface area contributed by atoms with Gasteiger partial charge in [0.1, 0.15) is 29.0 Å². The molecular weight excluding hydrogens is 689 g/mol. The molecule has 1 heterocycles. The van der Waals surface area contributed by atoms with Gasteiger partial charge < -0.3 is 19.8 Å². The van der Waals surface area contributed by atoms with Gasteiger partial charge in [-0.3, -0.25) is 14.3 Å². The van der Waals surface area contributed by atoms with Crippen molar-refractivity contribution in [1.82, 2.24) is 25.4 Å². The standard InChI is InChI=1S/C37H46N6O8S/c1-8-22-20-37(22,32(45)41-52(48,49)24-17-18-24)38-31(44)29-19-23(21-42(29)34(47)43(35(2,3)4)39-33(46)50-36(5,6)7)51-40-30-27-15-11-9-13-25(27)26-14-10-12-16-28(26)30/h8-16,22-24,29H,1,17-21H2,2-7H3,(H,38,44)(H,39,46)(H,41,45)/t22-,23?,29+,37?/m1/s1. The number of nitrogens with one attached hydrogen (secondary N) is 3. The predicted octanol–water partition coefficient (Wildman–Crippen LogP) is 4.21. The summed E-state index contributed by atoms with van der Waals surface area (Å²) in [4.78, 5) is 62.3. The number of oxime groups is 1. The molecule has 3 fully saturated rings. The Bertz CT molecular complexity index is 1900. The molecule has 3 aliphatic carbocycles. The fourth-order valence-electron chi connectivity index (χ4n) is 6.60. The number of carbonyl (C=O) groups excluding carboxylic acids is 4. The molecule has 1 aliphatic heterocycles. The lowest BCUT2D eigenvalue weighted by atomic mass is 10.1. The van der Waals surface area contributed by atoms with Gasteiger partial charge in [-0.15, -0.1) is 6.58 Å². The Morgan fingerprint density at radius 3 is 2.04 bits per heavy atom. The molecule has 5 amide bonds. The van der Waals surface area contributed by atoms with Crippen LogP contribution in [0.15, 0.2) is 66.3 Å². The van der Waals surface area contributed by atoms with Crippen LogP contribution in [0.4, 0.5) is 9.59 Å². The highest BCUT2D eigenvalue weighted by Crippen LogP contribution is 2.45. The summed E-state index contributed by atoms with van der Waals surface area (Å²) in [5.74, 6) is -2.08. The molecule has 2 saturated carbocycles. The first-order valence-electron chi connectivity index (χ1n) is 17.4. The van der Waals surface area contributed by atoms with Crippen LogP contribution in [-0.2, 0) is 29.2 Å². The van der Waals surface area contributed by atoms with Crippen LogP contribution in [0.5, 0.6) is 0 Å². The molecule has 3 N–H and O–H groups in total. The van der Waals surface area contributed by atoms with Crippen molar-refractivity contribution in [2.24, 2.45) is 11.1 Å². The minimum Gasteiger partial charge on any atom is -0.443 e. The zero-order valence-corrected chi connectivity index (χ0v) is 31.1. The third kappa shape index (κ3) is 7.36. The number of amides is 5. The van der Waals surface area contributed by atoms with Crippen molar-refractivity contribution in [3.05, 3.63) is 72.3 Å². The van der Waals surface area contributed by atoms with E-state index in [9.17, 15) is 27.6 Å². The van der Waals surface area contributed by atoms with E-state index < -0.39 is 74.0 Å². The van der Waals surface area contributed by atoms with Gasteiger partial charge in [0.2, 0.25) is 15.9 Å². The zero-order chi connectivity index (χ0) is 37.8. The topological polar surface area (TPSA) is 176 Å². The van der Waals surface area contributed by atoms with Crippen LogP contribution in [0.25, 0.3) is 11.1 Å². The van der Waals surface area contributed by atoms with Gasteiger partial charge in [0, 0.05) is 23.5 Å². The molecule has 1 saturated heterocycles. The maximum Gasteiger partial charge on any atom is 0.426 e. The predicted molar refractivity (Wildman–Crippen MR) is 193 cm³/mol. The van der Waals surface area contributed by atoms with E-state index in [0.717, 1.165) is 27.3 Å². The van der Waals surface area contributed by atoms with E-state index in [-0.39, 0.29) is 19.4 Å². The second kappa shape index (κ2) is 13.2. The number of sulfonamides is 1. The van der Waals surface area contributed by atoms with Gasteiger partial charge in [-0.25, -0.2) is 28.4 Å². The monoisotopic (exact) mass is 734 g/mol. The second-order valence-corrected chi connectivity index (χ2v) is 17.7. The number of hydrogen-bond donors (Lipinski definition) is 3. The Hall–Kier alpha value is -4.92. The number of urea groups is 1. The third-order valence-electron chi connectivity index (χ3n) is 9.47. The van der Waals surface area contributed by atoms with Crippen molar-refractivity contribution >= 4 is 39.7 Å². The quantitative estimate of drug-likeness (QED) is 0.228. The van der Waals surface area contributed by atoms with E-state index in [4.69, 9.17) is 9.57 Å². The largest absolute Gasteiger partial charge is 0.443 e. The average molecular weight is 735 g/mol. The first-order valence-corrected chi connectivity index (χ1v) is 18.9. The minimum absolute atomic E-state index is 0.0150. The lowest BCUT2D eigenvalue weighted by molar-refractivity contribution is -0.131. The third-order valence-corrected chi connectivity index (χ3v) is 11.3. The highest BCUT2D eigenvalue weighted by atomic mass is 32.2. The van der Waals surface area contributed by atoms with Crippen LogP contribution in [-0.4, -0.2) is 88.6 Å². The Labute approximate surface area is 304 Å².